The minimum absolute atomic E-state index is 0.00374. The third-order valence-electron chi connectivity index (χ3n) is 5.16. The molecule has 0 radical (unpaired) electrons. The second-order valence-electron chi connectivity index (χ2n) is 7.39. The van der Waals surface area contributed by atoms with Crippen LogP contribution in [0, 0.1) is 0 Å². The van der Waals surface area contributed by atoms with E-state index in [1.165, 1.54) is 13.3 Å². The summed E-state index contributed by atoms with van der Waals surface area (Å²) in [6.45, 7) is 3.92. The standard InChI is InChI=1S/C22H28N2O6/c1-3-28-13-17-16-11-7-8-12-18(16)30-19(17)21(26)29-14(2)20(25)24-22(27)23-15-9-5-4-6-10-15/h7-8,11-12,14-15H,3-6,9-10,13H2,1-2H3,(H2,23,24,25,27)/t14-/m0/s1. The zero-order chi connectivity index (χ0) is 21.5. The highest BCUT2D eigenvalue weighted by Crippen LogP contribution is 2.27. The largest absolute Gasteiger partial charge is 0.449 e. The first-order valence-electron chi connectivity index (χ1n) is 10.4. The smallest absolute Gasteiger partial charge is 0.375 e. The Morgan fingerprint density at radius 1 is 1.17 bits per heavy atom. The van der Waals surface area contributed by atoms with Crippen LogP contribution in [0.25, 0.3) is 11.0 Å². The highest BCUT2D eigenvalue weighted by Gasteiger charge is 2.27. The molecular formula is C22H28N2O6. The molecule has 3 rings (SSSR count). The van der Waals surface area contributed by atoms with E-state index < -0.39 is 24.0 Å². The second kappa shape index (κ2) is 10.2. The summed E-state index contributed by atoms with van der Waals surface area (Å²) >= 11 is 0. The van der Waals surface area contributed by atoms with Crippen LogP contribution >= 0.6 is 0 Å². The van der Waals surface area contributed by atoms with E-state index in [9.17, 15) is 14.4 Å². The molecule has 1 aliphatic rings. The van der Waals surface area contributed by atoms with E-state index >= 15 is 0 Å². The molecule has 1 saturated carbocycles. The fourth-order valence-electron chi connectivity index (χ4n) is 3.56. The van der Waals surface area contributed by atoms with E-state index in [1.54, 1.807) is 12.1 Å². The van der Waals surface area contributed by atoms with Crippen molar-refractivity contribution >= 4 is 28.9 Å². The molecule has 8 nitrogen and oxygen atoms in total. The second-order valence-corrected chi connectivity index (χ2v) is 7.39. The summed E-state index contributed by atoms with van der Waals surface area (Å²) in [6.07, 6.45) is 3.94. The van der Waals surface area contributed by atoms with Gasteiger partial charge in [0.05, 0.1) is 6.61 Å². The number of hydrogen-bond acceptors (Lipinski definition) is 6. The van der Waals surface area contributed by atoms with Gasteiger partial charge in [0.25, 0.3) is 5.91 Å². The lowest BCUT2D eigenvalue weighted by Crippen LogP contribution is -2.48. The number of carbonyl (C=O) groups is 3. The Morgan fingerprint density at radius 2 is 1.90 bits per heavy atom. The molecule has 1 fully saturated rings. The summed E-state index contributed by atoms with van der Waals surface area (Å²) in [6, 6.07) is 6.70. The van der Waals surface area contributed by atoms with Crippen molar-refractivity contribution in [2.24, 2.45) is 0 Å². The summed E-state index contributed by atoms with van der Waals surface area (Å²) in [4.78, 5) is 37.0. The summed E-state index contributed by atoms with van der Waals surface area (Å²) in [5.41, 5.74) is 1.10. The molecule has 1 aromatic heterocycles. The van der Waals surface area contributed by atoms with Crippen molar-refractivity contribution in [1.82, 2.24) is 10.6 Å². The number of hydrogen-bond donors (Lipinski definition) is 2. The number of amides is 3. The highest BCUT2D eigenvalue weighted by molar-refractivity contribution is 6.00. The predicted molar refractivity (Wildman–Crippen MR) is 110 cm³/mol. The summed E-state index contributed by atoms with van der Waals surface area (Å²) < 4.78 is 16.4. The first kappa shape index (κ1) is 21.8. The molecule has 0 spiro atoms. The number of carbonyl (C=O) groups excluding carboxylic acids is 3. The van der Waals surface area contributed by atoms with Gasteiger partial charge in [-0.3, -0.25) is 10.1 Å². The number of ether oxygens (including phenoxy) is 2. The van der Waals surface area contributed by atoms with Crippen LogP contribution in [0.15, 0.2) is 28.7 Å². The van der Waals surface area contributed by atoms with Crippen molar-refractivity contribution in [3.63, 3.8) is 0 Å². The molecule has 0 bridgehead atoms. The Morgan fingerprint density at radius 3 is 2.63 bits per heavy atom. The maximum Gasteiger partial charge on any atom is 0.375 e. The van der Waals surface area contributed by atoms with Crippen LogP contribution < -0.4 is 10.6 Å². The van der Waals surface area contributed by atoms with E-state index in [-0.39, 0.29) is 18.4 Å². The van der Waals surface area contributed by atoms with Crippen LogP contribution in [0.5, 0.6) is 0 Å². The SMILES string of the molecule is CCOCc1c(C(=O)O[C@@H](C)C(=O)NC(=O)NC2CCCCC2)oc2ccccc12. The number of nitrogens with one attached hydrogen (secondary N) is 2. The quantitative estimate of drug-likeness (QED) is 0.667. The lowest BCUT2D eigenvalue weighted by Gasteiger charge is -2.23. The Labute approximate surface area is 175 Å². The van der Waals surface area contributed by atoms with E-state index in [0.717, 1.165) is 31.1 Å². The average molecular weight is 416 g/mol. The lowest BCUT2D eigenvalue weighted by molar-refractivity contribution is -0.128. The minimum Gasteiger partial charge on any atom is -0.449 e. The molecule has 3 amide bonds. The van der Waals surface area contributed by atoms with Gasteiger partial charge in [-0.05, 0) is 32.8 Å². The third kappa shape index (κ3) is 5.38. The van der Waals surface area contributed by atoms with Crippen LogP contribution in [0.2, 0.25) is 0 Å². The van der Waals surface area contributed by atoms with Gasteiger partial charge in [0.1, 0.15) is 5.58 Å². The zero-order valence-corrected chi connectivity index (χ0v) is 17.4. The van der Waals surface area contributed by atoms with Crippen LogP contribution in [-0.4, -0.2) is 36.7 Å². The number of imide groups is 1. The van der Waals surface area contributed by atoms with Gasteiger partial charge in [-0.15, -0.1) is 0 Å². The number of esters is 1. The summed E-state index contributed by atoms with van der Waals surface area (Å²) in [7, 11) is 0. The van der Waals surface area contributed by atoms with Crippen molar-refractivity contribution < 1.29 is 28.3 Å². The maximum atomic E-state index is 12.7. The number of para-hydroxylation sites is 1. The van der Waals surface area contributed by atoms with E-state index in [0.29, 0.717) is 17.8 Å². The lowest BCUT2D eigenvalue weighted by atomic mass is 9.96. The fourth-order valence-corrected chi connectivity index (χ4v) is 3.56. The van der Waals surface area contributed by atoms with Crippen LogP contribution in [0.3, 0.4) is 0 Å². The number of urea groups is 1. The monoisotopic (exact) mass is 416 g/mol. The van der Waals surface area contributed by atoms with Crippen molar-refractivity contribution in [1.29, 1.82) is 0 Å². The Bertz CT molecular complexity index is 900. The first-order chi connectivity index (χ1) is 14.5. The van der Waals surface area contributed by atoms with Gasteiger partial charge in [0.15, 0.2) is 6.10 Å². The van der Waals surface area contributed by atoms with Crippen molar-refractivity contribution in [3.05, 3.63) is 35.6 Å². The number of fused-ring (bicyclic) bond motifs is 1. The zero-order valence-electron chi connectivity index (χ0n) is 17.4. The number of rotatable bonds is 7. The highest BCUT2D eigenvalue weighted by atomic mass is 16.6. The first-order valence-corrected chi connectivity index (χ1v) is 10.4. The Kier molecular flexibility index (Phi) is 7.46. The maximum absolute atomic E-state index is 12.7. The number of benzene rings is 1. The molecule has 2 aromatic rings. The molecule has 1 heterocycles. The summed E-state index contributed by atoms with van der Waals surface area (Å²) in [5.74, 6) is -1.48. The van der Waals surface area contributed by atoms with Gasteiger partial charge >= 0.3 is 12.0 Å². The Hall–Kier alpha value is -2.87. The van der Waals surface area contributed by atoms with Crippen LogP contribution in [-0.2, 0) is 20.9 Å². The van der Waals surface area contributed by atoms with Gasteiger partial charge in [-0.2, -0.15) is 0 Å². The third-order valence-corrected chi connectivity index (χ3v) is 5.16. The number of furan rings is 1. The van der Waals surface area contributed by atoms with Crippen LogP contribution in [0.1, 0.15) is 62.1 Å². The average Bonchev–Trinajstić information content (AvgIpc) is 3.11. The van der Waals surface area contributed by atoms with Gasteiger partial charge in [-0.1, -0.05) is 37.5 Å². The van der Waals surface area contributed by atoms with Crippen molar-refractivity contribution in [3.8, 4) is 0 Å². The molecule has 1 aliphatic carbocycles. The molecule has 1 aromatic carbocycles. The molecule has 162 valence electrons. The Balaban J connectivity index is 1.61. The molecule has 2 N–H and O–H groups in total. The normalized spacial score (nSPS) is 15.5. The van der Waals surface area contributed by atoms with Gasteiger partial charge in [0.2, 0.25) is 5.76 Å². The summed E-state index contributed by atoms with van der Waals surface area (Å²) in [5, 5.41) is 5.78. The fraction of sp³-hybridized carbons (Fsp3) is 0.500. The molecule has 0 saturated heterocycles. The van der Waals surface area contributed by atoms with E-state index in [2.05, 4.69) is 10.6 Å². The molecule has 8 heteroatoms. The molecular weight excluding hydrogens is 388 g/mol. The van der Waals surface area contributed by atoms with Gasteiger partial charge in [-0.25, -0.2) is 9.59 Å². The molecule has 1 atom stereocenters. The molecule has 30 heavy (non-hydrogen) atoms. The van der Waals surface area contributed by atoms with Crippen LogP contribution in [0.4, 0.5) is 4.79 Å². The molecule has 0 unspecified atom stereocenters. The van der Waals surface area contributed by atoms with Gasteiger partial charge in [0, 0.05) is 23.6 Å². The van der Waals surface area contributed by atoms with Gasteiger partial charge < -0.3 is 19.2 Å². The van der Waals surface area contributed by atoms with Crippen molar-refractivity contribution in [2.45, 2.75) is 64.7 Å². The predicted octanol–water partition coefficient (Wildman–Crippen LogP) is 3.67. The minimum atomic E-state index is -1.16. The topological polar surface area (TPSA) is 107 Å². The molecule has 0 aliphatic heterocycles. The van der Waals surface area contributed by atoms with E-state index in [1.807, 2.05) is 19.1 Å². The van der Waals surface area contributed by atoms with E-state index in [4.69, 9.17) is 13.9 Å². The van der Waals surface area contributed by atoms with Crippen molar-refractivity contribution in [2.75, 3.05) is 6.61 Å².